The van der Waals surface area contributed by atoms with Crippen LogP contribution in [-0.4, -0.2) is 44.5 Å². The predicted molar refractivity (Wildman–Crippen MR) is 68.8 cm³/mol. The molecule has 106 valence electrons. The Labute approximate surface area is 113 Å². The minimum Gasteiger partial charge on any atom is -0.362 e. The van der Waals surface area contributed by atoms with Gasteiger partial charge in [0.2, 0.25) is 0 Å². The number of aromatic nitrogens is 4. The number of nitrogens with zero attached hydrogens (tertiary/aromatic N) is 4. The molecule has 0 radical (unpaired) electrons. The lowest BCUT2D eigenvalue weighted by Crippen LogP contribution is -2.45. The molecule has 0 bridgehead atoms. The van der Waals surface area contributed by atoms with Gasteiger partial charge in [-0.25, -0.2) is 10.4 Å². The Bertz CT molecular complexity index is 378. The van der Waals surface area contributed by atoms with Gasteiger partial charge in [0.05, 0.1) is 6.04 Å². The Morgan fingerprint density at radius 2 is 2.21 bits per heavy atom. The largest absolute Gasteiger partial charge is 0.362 e. The number of aromatic amines is 1. The molecular formula is C12H22N6O. The molecule has 0 spiro atoms. The standard InChI is InChI=1S/C12H22N6O/c1-2-7-19-11-8-10(12-13-16-17-14-12)15-18(11)9-5-3-4-6-9/h9-11,15H,2-8H2,1H3,(H,13,14,16,17). The third kappa shape index (κ3) is 2.77. The van der Waals surface area contributed by atoms with Crippen molar-refractivity contribution in [3.05, 3.63) is 5.82 Å². The first kappa shape index (κ1) is 13.0. The van der Waals surface area contributed by atoms with E-state index in [1.54, 1.807) is 0 Å². The van der Waals surface area contributed by atoms with Crippen LogP contribution in [0.25, 0.3) is 0 Å². The zero-order valence-electron chi connectivity index (χ0n) is 11.4. The van der Waals surface area contributed by atoms with Crippen LogP contribution in [0.4, 0.5) is 0 Å². The molecule has 7 heteroatoms. The van der Waals surface area contributed by atoms with Gasteiger partial charge in [-0.3, -0.25) is 0 Å². The number of hydrogen-bond acceptors (Lipinski definition) is 6. The van der Waals surface area contributed by atoms with Gasteiger partial charge in [0.15, 0.2) is 5.82 Å². The summed E-state index contributed by atoms with van der Waals surface area (Å²) in [5.74, 6) is 0.727. The second kappa shape index (κ2) is 5.94. The van der Waals surface area contributed by atoms with Crippen LogP contribution in [0, 0.1) is 0 Å². The van der Waals surface area contributed by atoms with Crippen LogP contribution < -0.4 is 5.43 Å². The molecule has 0 aromatic carbocycles. The van der Waals surface area contributed by atoms with Crippen LogP contribution in [0.3, 0.4) is 0 Å². The van der Waals surface area contributed by atoms with Gasteiger partial charge in [-0.1, -0.05) is 25.0 Å². The average Bonchev–Trinajstić information content (AvgIpc) is 3.14. The second-order valence-corrected chi connectivity index (χ2v) is 5.36. The van der Waals surface area contributed by atoms with E-state index >= 15 is 0 Å². The molecule has 1 saturated carbocycles. The molecule has 2 N–H and O–H groups in total. The van der Waals surface area contributed by atoms with Gasteiger partial charge in [0.25, 0.3) is 0 Å². The molecular weight excluding hydrogens is 244 g/mol. The lowest BCUT2D eigenvalue weighted by molar-refractivity contribution is -0.0722. The third-order valence-corrected chi connectivity index (χ3v) is 3.96. The summed E-state index contributed by atoms with van der Waals surface area (Å²) in [4.78, 5) is 0. The van der Waals surface area contributed by atoms with Crippen LogP contribution in [0.1, 0.15) is 57.3 Å². The van der Waals surface area contributed by atoms with Gasteiger partial charge in [-0.15, -0.1) is 10.2 Å². The Morgan fingerprint density at radius 1 is 1.37 bits per heavy atom. The summed E-state index contributed by atoms with van der Waals surface area (Å²) in [6, 6.07) is 0.694. The van der Waals surface area contributed by atoms with E-state index in [0.29, 0.717) is 6.04 Å². The maximum Gasteiger partial charge on any atom is 0.192 e. The lowest BCUT2D eigenvalue weighted by atomic mass is 10.2. The van der Waals surface area contributed by atoms with Crippen molar-refractivity contribution >= 4 is 0 Å². The second-order valence-electron chi connectivity index (χ2n) is 5.36. The molecule has 1 saturated heterocycles. The van der Waals surface area contributed by atoms with Crippen molar-refractivity contribution < 1.29 is 4.74 Å². The summed E-state index contributed by atoms with van der Waals surface area (Å²) in [6.07, 6.45) is 7.19. The summed E-state index contributed by atoms with van der Waals surface area (Å²) in [5.41, 5.74) is 3.52. The monoisotopic (exact) mass is 266 g/mol. The highest BCUT2D eigenvalue weighted by Crippen LogP contribution is 2.32. The highest BCUT2D eigenvalue weighted by molar-refractivity contribution is 4.96. The molecule has 7 nitrogen and oxygen atoms in total. The fourth-order valence-electron chi connectivity index (χ4n) is 3.04. The van der Waals surface area contributed by atoms with Gasteiger partial charge in [0, 0.05) is 19.1 Å². The van der Waals surface area contributed by atoms with E-state index in [9.17, 15) is 0 Å². The van der Waals surface area contributed by atoms with Crippen molar-refractivity contribution in [1.29, 1.82) is 0 Å². The van der Waals surface area contributed by atoms with E-state index in [4.69, 9.17) is 4.74 Å². The van der Waals surface area contributed by atoms with Crippen molar-refractivity contribution in [3.8, 4) is 0 Å². The summed E-state index contributed by atoms with van der Waals surface area (Å²) in [7, 11) is 0. The van der Waals surface area contributed by atoms with Crippen molar-refractivity contribution in [1.82, 2.24) is 31.1 Å². The van der Waals surface area contributed by atoms with E-state index in [2.05, 4.69) is 38.0 Å². The van der Waals surface area contributed by atoms with Crippen molar-refractivity contribution in [2.24, 2.45) is 0 Å². The fraction of sp³-hybridized carbons (Fsp3) is 0.917. The zero-order valence-corrected chi connectivity index (χ0v) is 11.4. The van der Waals surface area contributed by atoms with Crippen LogP contribution in [0.5, 0.6) is 0 Å². The Morgan fingerprint density at radius 3 is 2.89 bits per heavy atom. The number of rotatable bonds is 5. The van der Waals surface area contributed by atoms with Gasteiger partial charge in [0.1, 0.15) is 6.23 Å². The number of ether oxygens (including phenoxy) is 1. The quantitative estimate of drug-likeness (QED) is 0.832. The average molecular weight is 266 g/mol. The molecule has 2 unspecified atom stereocenters. The molecule has 1 aliphatic carbocycles. The Hall–Kier alpha value is -1.05. The topological polar surface area (TPSA) is 79.0 Å². The summed E-state index contributed by atoms with van der Waals surface area (Å²) >= 11 is 0. The molecule has 2 fully saturated rings. The highest BCUT2D eigenvalue weighted by atomic mass is 16.5. The summed E-state index contributed by atoms with van der Waals surface area (Å²) in [6.45, 7) is 2.94. The first-order valence-electron chi connectivity index (χ1n) is 7.28. The van der Waals surface area contributed by atoms with Gasteiger partial charge >= 0.3 is 0 Å². The SMILES string of the molecule is CCCOC1CC(c2nn[nH]n2)NN1C1CCCC1. The third-order valence-electron chi connectivity index (χ3n) is 3.96. The molecule has 2 heterocycles. The van der Waals surface area contributed by atoms with Crippen LogP contribution >= 0.6 is 0 Å². The number of hydrogen-bond donors (Lipinski definition) is 2. The number of nitrogens with one attached hydrogen (secondary N) is 2. The minimum atomic E-state index is 0.112. The van der Waals surface area contributed by atoms with Crippen LogP contribution in [-0.2, 0) is 4.74 Å². The minimum absolute atomic E-state index is 0.112. The first-order valence-corrected chi connectivity index (χ1v) is 7.28. The van der Waals surface area contributed by atoms with Crippen molar-refractivity contribution in [3.63, 3.8) is 0 Å². The van der Waals surface area contributed by atoms with Crippen LogP contribution in [0.2, 0.25) is 0 Å². The first-order chi connectivity index (χ1) is 9.38. The van der Waals surface area contributed by atoms with Gasteiger partial charge in [-0.05, 0) is 19.3 Å². The molecule has 1 aromatic rings. The van der Waals surface area contributed by atoms with Crippen molar-refractivity contribution in [2.75, 3.05) is 6.61 Å². The van der Waals surface area contributed by atoms with Crippen LogP contribution in [0.15, 0.2) is 0 Å². The summed E-state index contributed by atoms with van der Waals surface area (Å²) in [5, 5.41) is 16.6. The lowest BCUT2D eigenvalue weighted by Gasteiger charge is -2.29. The van der Waals surface area contributed by atoms with Crippen molar-refractivity contribution in [2.45, 2.75) is 63.8 Å². The maximum absolute atomic E-state index is 5.98. The van der Waals surface area contributed by atoms with E-state index in [1.807, 2.05) is 0 Å². The molecule has 2 aliphatic rings. The van der Waals surface area contributed by atoms with E-state index in [-0.39, 0.29) is 12.3 Å². The predicted octanol–water partition coefficient (Wildman–Crippen LogP) is 1.15. The molecule has 3 rings (SSSR count). The van der Waals surface area contributed by atoms with E-state index < -0.39 is 0 Å². The molecule has 1 aliphatic heterocycles. The molecule has 1 aromatic heterocycles. The maximum atomic E-state index is 5.98. The number of hydrazine groups is 1. The molecule has 19 heavy (non-hydrogen) atoms. The Kier molecular flexibility index (Phi) is 4.05. The van der Waals surface area contributed by atoms with Gasteiger partial charge < -0.3 is 4.74 Å². The molecule has 2 atom stereocenters. The van der Waals surface area contributed by atoms with Gasteiger partial charge in [-0.2, -0.15) is 5.21 Å². The highest BCUT2D eigenvalue weighted by Gasteiger charge is 2.39. The van der Waals surface area contributed by atoms with E-state index in [1.165, 1.54) is 25.7 Å². The number of tetrazole rings is 1. The smallest absolute Gasteiger partial charge is 0.192 e. The zero-order chi connectivity index (χ0) is 13.1. The summed E-state index contributed by atoms with van der Waals surface area (Å²) < 4.78 is 5.98. The Balaban J connectivity index is 1.68. The van der Waals surface area contributed by atoms with E-state index in [0.717, 1.165) is 25.3 Å². The molecule has 0 amide bonds. The normalized spacial score (nSPS) is 29.3. The fourth-order valence-corrected chi connectivity index (χ4v) is 3.04. The number of H-pyrrole nitrogens is 1.